The number of pyridine rings is 1. The third-order valence-electron chi connectivity index (χ3n) is 9.64. The van der Waals surface area contributed by atoms with Crippen LogP contribution >= 0.6 is 0 Å². The Hall–Kier alpha value is -7.53. The lowest BCUT2D eigenvalue weighted by atomic mass is 10.2. The van der Waals surface area contributed by atoms with Gasteiger partial charge >= 0.3 is 0 Å². The summed E-state index contributed by atoms with van der Waals surface area (Å²) in [6.45, 7) is 1.92. The van der Waals surface area contributed by atoms with E-state index in [-0.39, 0.29) is 13.2 Å². The topological polar surface area (TPSA) is 105 Å². The first kappa shape index (κ1) is 42.6. The Labute approximate surface area is 362 Å². The van der Waals surface area contributed by atoms with E-state index in [1.54, 1.807) is 40.8 Å². The summed E-state index contributed by atoms with van der Waals surface area (Å²) in [5.74, 6) is 6.78. The Morgan fingerprint density at radius 3 is 0.742 bits per heavy atom. The van der Waals surface area contributed by atoms with Gasteiger partial charge in [0.25, 0.3) is 0 Å². The predicted molar refractivity (Wildman–Crippen MR) is 235 cm³/mol. The van der Waals surface area contributed by atoms with Crippen molar-refractivity contribution >= 4 is 0 Å². The Morgan fingerprint density at radius 1 is 0.258 bits per heavy atom. The van der Waals surface area contributed by atoms with Gasteiger partial charge in [-0.25, -0.2) is 0 Å². The van der Waals surface area contributed by atoms with Crippen molar-refractivity contribution in [1.29, 1.82) is 0 Å². The van der Waals surface area contributed by atoms with E-state index < -0.39 is 0 Å². The molecule has 11 nitrogen and oxygen atoms in total. The van der Waals surface area contributed by atoms with Crippen molar-refractivity contribution < 1.29 is 47.4 Å². The predicted octanol–water partition coefficient (Wildman–Crippen LogP) is 10.6. The molecule has 0 aliphatic heterocycles. The zero-order valence-corrected chi connectivity index (χ0v) is 35.2. The zero-order valence-electron chi connectivity index (χ0n) is 35.2. The van der Waals surface area contributed by atoms with Crippen molar-refractivity contribution in [2.75, 3.05) is 28.4 Å². The summed E-state index contributed by atoms with van der Waals surface area (Å²) in [6, 6.07) is 44.4. The van der Waals surface area contributed by atoms with Crippen molar-refractivity contribution in [3.63, 3.8) is 0 Å². The Bertz CT molecular complexity index is 2150. The van der Waals surface area contributed by atoms with E-state index in [0.29, 0.717) is 60.9 Å². The highest BCUT2D eigenvalue weighted by molar-refractivity contribution is 5.41. The molecule has 62 heavy (non-hydrogen) atoms. The maximum absolute atomic E-state index is 6.25. The number of nitrogens with zero attached hydrogens (tertiary/aromatic N) is 1. The van der Waals surface area contributed by atoms with Crippen LogP contribution in [0.2, 0.25) is 0 Å². The highest BCUT2D eigenvalue weighted by Crippen LogP contribution is 2.29. The molecule has 0 unspecified atom stereocenters. The van der Waals surface area contributed by atoms with Gasteiger partial charge in [0.05, 0.1) is 40.8 Å². The van der Waals surface area contributed by atoms with Crippen molar-refractivity contribution in [2.45, 2.75) is 39.6 Å². The van der Waals surface area contributed by atoms with Crippen molar-refractivity contribution in [3.05, 3.63) is 185 Å². The molecule has 0 radical (unpaired) electrons. The fourth-order valence-corrected chi connectivity index (χ4v) is 6.21. The molecule has 318 valence electrons. The summed E-state index contributed by atoms with van der Waals surface area (Å²) in [5, 5.41) is 0. The summed E-state index contributed by atoms with van der Waals surface area (Å²) >= 11 is 0. The van der Waals surface area contributed by atoms with E-state index in [2.05, 4.69) is 4.98 Å². The van der Waals surface area contributed by atoms with Crippen molar-refractivity contribution in [2.24, 2.45) is 0 Å². The molecule has 0 N–H and O–H groups in total. The number of aromatic nitrogens is 1. The second-order valence-electron chi connectivity index (χ2n) is 14.1. The van der Waals surface area contributed by atoms with Crippen LogP contribution < -0.4 is 47.4 Å². The third kappa shape index (κ3) is 12.7. The molecule has 0 amide bonds. The van der Waals surface area contributed by atoms with E-state index >= 15 is 0 Å². The van der Waals surface area contributed by atoms with Gasteiger partial charge in [0.15, 0.2) is 0 Å². The number of benzene rings is 6. The molecule has 0 aliphatic rings. The summed E-state index contributed by atoms with van der Waals surface area (Å²) in [5.41, 5.74) is 5.70. The van der Waals surface area contributed by atoms with E-state index in [1.807, 2.05) is 140 Å². The normalized spacial score (nSPS) is 10.6. The van der Waals surface area contributed by atoms with Gasteiger partial charge in [-0.15, -0.1) is 0 Å². The third-order valence-corrected chi connectivity index (χ3v) is 9.64. The number of hydrogen-bond acceptors (Lipinski definition) is 11. The van der Waals surface area contributed by atoms with E-state index in [1.165, 1.54) is 0 Å². The lowest BCUT2D eigenvalue weighted by Gasteiger charge is -2.15. The Balaban J connectivity index is 1.02. The van der Waals surface area contributed by atoms with Crippen LogP contribution in [0.25, 0.3) is 0 Å². The van der Waals surface area contributed by atoms with Crippen LogP contribution in [0, 0.1) is 0 Å². The van der Waals surface area contributed by atoms with Gasteiger partial charge in [-0.2, -0.15) is 0 Å². The van der Waals surface area contributed by atoms with Gasteiger partial charge in [-0.05, 0) is 106 Å². The fraction of sp³-hybridized carbons (Fsp3) is 0.196. The van der Waals surface area contributed by atoms with Crippen LogP contribution in [-0.2, 0) is 39.6 Å². The van der Waals surface area contributed by atoms with Crippen LogP contribution in [0.15, 0.2) is 152 Å². The molecule has 0 aliphatic carbocycles. The van der Waals surface area contributed by atoms with Gasteiger partial charge in [0.1, 0.15) is 97.1 Å². The van der Waals surface area contributed by atoms with Gasteiger partial charge in [0.2, 0.25) is 0 Å². The first-order chi connectivity index (χ1) is 30.4. The van der Waals surface area contributed by atoms with E-state index in [9.17, 15) is 0 Å². The number of methoxy groups -OCH3 is 4. The number of ether oxygens (including phenoxy) is 10. The SMILES string of the molecule is COc1ccc(COc2cc(COc3cncc(OCc4cc(OCc5ccc(OC)cc5)cc(OCc5ccc(OC)cc5)c4)c3)cc(OCc3ccc(OC)cc3)c2)cc1. The molecule has 0 bridgehead atoms. The lowest BCUT2D eigenvalue weighted by Crippen LogP contribution is -2.03. The van der Waals surface area contributed by atoms with Crippen LogP contribution in [0.1, 0.15) is 33.4 Å². The summed E-state index contributed by atoms with van der Waals surface area (Å²) in [6.07, 6.45) is 3.30. The zero-order chi connectivity index (χ0) is 42.9. The molecule has 0 fully saturated rings. The Morgan fingerprint density at radius 2 is 0.484 bits per heavy atom. The monoisotopic (exact) mass is 835 g/mol. The molecule has 0 saturated heterocycles. The van der Waals surface area contributed by atoms with E-state index in [0.717, 1.165) is 56.4 Å². The molecular formula is C51H49NO10. The molecular weight excluding hydrogens is 787 g/mol. The lowest BCUT2D eigenvalue weighted by molar-refractivity contribution is 0.275. The quantitative estimate of drug-likeness (QED) is 0.0652. The smallest absolute Gasteiger partial charge is 0.141 e. The van der Waals surface area contributed by atoms with Crippen LogP contribution in [0.4, 0.5) is 0 Å². The first-order valence-electron chi connectivity index (χ1n) is 19.9. The van der Waals surface area contributed by atoms with Crippen LogP contribution in [0.5, 0.6) is 57.5 Å². The maximum Gasteiger partial charge on any atom is 0.141 e. The molecule has 1 heterocycles. The molecule has 11 heteroatoms. The van der Waals surface area contributed by atoms with Gasteiger partial charge in [-0.1, -0.05) is 48.5 Å². The fourth-order valence-electron chi connectivity index (χ4n) is 6.21. The molecule has 6 aromatic carbocycles. The molecule has 0 atom stereocenters. The van der Waals surface area contributed by atoms with Gasteiger partial charge in [0, 0.05) is 18.2 Å². The average Bonchev–Trinajstić information content (AvgIpc) is 3.33. The Kier molecular flexibility index (Phi) is 14.9. The minimum absolute atomic E-state index is 0.228. The molecule has 7 aromatic rings. The molecule has 7 rings (SSSR count). The minimum Gasteiger partial charge on any atom is -0.497 e. The van der Waals surface area contributed by atoms with E-state index in [4.69, 9.17) is 47.4 Å². The molecule has 0 spiro atoms. The summed E-state index contributed by atoms with van der Waals surface area (Å²) < 4.78 is 58.6. The minimum atomic E-state index is 0.228. The van der Waals surface area contributed by atoms with Gasteiger partial charge < -0.3 is 47.4 Å². The highest BCUT2D eigenvalue weighted by Gasteiger charge is 2.10. The standard InChI is InChI=1S/C51H49NO10/c1-53-42-13-5-36(6-14-42)30-57-46-21-40(22-47(25-46)58-31-37-7-15-43(54-2)16-8-37)34-61-50-27-51(29-52-28-50)62-35-41-23-48(59-32-38-9-17-44(55-3)18-10-38)26-49(24-41)60-33-39-11-19-45(56-4)20-12-39/h5-29H,30-35H2,1-4H3. The van der Waals surface area contributed by atoms with Crippen LogP contribution in [-0.4, -0.2) is 33.4 Å². The largest absolute Gasteiger partial charge is 0.497 e. The van der Waals surface area contributed by atoms with Crippen LogP contribution in [0.3, 0.4) is 0 Å². The van der Waals surface area contributed by atoms with Gasteiger partial charge in [-0.3, -0.25) is 4.98 Å². The number of rotatable bonds is 22. The summed E-state index contributed by atoms with van der Waals surface area (Å²) in [4.78, 5) is 4.40. The second kappa shape index (κ2) is 21.6. The second-order valence-corrected chi connectivity index (χ2v) is 14.1. The average molecular weight is 836 g/mol. The highest BCUT2D eigenvalue weighted by atomic mass is 16.5. The maximum atomic E-state index is 6.25. The molecule has 0 saturated carbocycles. The molecule has 1 aromatic heterocycles. The van der Waals surface area contributed by atoms with Crippen molar-refractivity contribution in [1.82, 2.24) is 4.98 Å². The van der Waals surface area contributed by atoms with Crippen molar-refractivity contribution in [3.8, 4) is 57.5 Å². The first-order valence-corrected chi connectivity index (χ1v) is 19.9. The number of hydrogen-bond donors (Lipinski definition) is 0. The summed E-state index contributed by atoms with van der Waals surface area (Å²) in [7, 11) is 6.58.